The highest BCUT2D eigenvalue weighted by Crippen LogP contribution is 2.34. The molecule has 2 saturated heterocycles. The number of fused-ring (bicyclic) bond motifs is 1. The van der Waals surface area contributed by atoms with Crippen LogP contribution in [0.4, 0.5) is 0 Å². The molecule has 2 rings (SSSR count). The van der Waals surface area contributed by atoms with Crippen LogP contribution in [0.2, 0.25) is 0 Å². The molecule has 0 aromatic heterocycles. The average molecular weight is 74.0 g/mol. The predicted octanol–water partition coefficient (Wildman–Crippen LogP) is -0.369. The first-order chi connectivity index (χ1) is 2.47. The van der Waals surface area contributed by atoms with Crippen molar-refractivity contribution in [3.05, 3.63) is 0 Å². The maximum absolute atomic E-state index is 4.58. The fraction of sp³-hybridized carbons (Fsp3) is 1.00. The molecule has 2 fully saturated rings. The van der Waals surface area contributed by atoms with E-state index in [4.69, 9.17) is 0 Å². The van der Waals surface area contributed by atoms with E-state index in [1.807, 2.05) is 0 Å². The highest BCUT2D eigenvalue weighted by Gasteiger charge is 2.53. The molecule has 28 valence electrons. The summed E-state index contributed by atoms with van der Waals surface area (Å²) in [4.78, 5) is 8.56. The fourth-order valence-electron chi connectivity index (χ4n) is 0.278. The van der Waals surface area contributed by atoms with Gasteiger partial charge in [-0.25, -0.2) is 0 Å². The Balaban J connectivity index is 2.19. The minimum Gasteiger partial charge on any atom is -0.308 e. The summed E-state index contributed by atoms with van der Waals surface area (Å²) < 4.78 is 4.58. The van der Waals surface area contributed by atoms with Gasteiger partial charge in [-0.1, -0.05) is 0 Å². The normalized spacial score (nSPS) is 57.6. The van der Waals surface area contributed by atoms with Gasteiger partial charge in [-0.05, 0) is 0 Å². The molecule has 0 N–H and O–H groups in total. The van der Waals surface area contributed by atoms with Gasteiger partial charge in [0.1, 0.15) is 0 Å². The second kappa shape index (κ2) is 0.408. The lowest BCUT2D eigenvalue weighted by molar-refractivity contribution is -0.386. The van der Waals surface area contributed by atoms with Crippen LogP contribution in [0.15, 0.2) is 0 Å². The Bertz CT molecular complexity index is 49.9. The topological polar surface area (TPSA) is 31.0 Å². The molecule has 2 aliphatic heterocycles. The van der Waals surface area contributed by atoms with Crippen molar-refractivity contribution in [3.8, 4) is 0 Å². The number of hydrogen-bond acceptors (Lipinski definition) is 3. The molecular weight excluding hydrogens is 72.0 g/mol. The zero-order chi connectivity index (χ0) is 3.28. The summed E-state index contributed by atoms with van der Waals surface area (Å²) in [6.07, 6.45) is 0.0185. The third kappa shape index (κ3) is 0.116. The molecule has 5 heavy (non-hydrogen) atoms. The Morgan fingerprint density at radius 3 is 1.60 bits per heavy atom. The maximum atomic E-state index is 4.58. The Kier molecular flexibility index (Phi) is 0.173. The molecule has 3 nitrogen and oxygen atoms in total. The predicted molar refractivity (Wildman–Crippen MR) is 10.8 cm³/mol. The van der Waals surface area contributed by atoms with E-state index in [0.29, 0.717) is 0 Å². The van der Waals surface area contributed by atoms with Crippen LogP contribution in [0.3, 0.4) is 0 Å². The summed E-state index contributed by atoms with van der Waals surface area (Å²) in [5.41, 5.74) is 0. The Morgan fingerprint density at radius 1 is 1.00 bits per heavy atom. The van der Waals surface area contributed by atoms with Crippen LogP contribution >= 0.6 is 0 Å². The second-order valence-corrected chi connectivity index (χ2v) is 1.07. The summed E-state index contributed by atoms with van der Waals surface area (Å²) in [5, 5.41) is 0. The number of epoxide rings is 1. The van der Waals surface area contributed by atoms with E-state index < -0.39 is 0 Å². The van der Waals surface area contributed by atoms with Crippen LogP contribution in [-0.4, -0.2) is 12.6 Å². The van der Waals surface area contributed by atoms with Crippen molar-refractivity contribution in [2.45, 2.75) is 12.6 Å². The summed E-state index contributed by atoms with van der Waals surface area (Å²) in [5.74, 6) is 0. The van der Waals surface area contributed by atoms with Crippen LogP contribution < -0.4 is 0 Å². The molecule has 2 heterocycles. The first kappa shape index (κ1) is 2.12. The van der Waals surface area contributed by atoms with Crippen LogP contribution in [0.5, 0.6) is 0 Å². The molecule has 3 heteroatoms. The lowest BCUT2D eigenvalue weighted by atomic mass is 10.8. The van der Waals surface area contributed by atoms with Gasteiger partial charge in [-0.15, -0.1) is 0 Å². The van der Waals surface area contributed by atoms with Crippen molar-refractivity contribution in [1.82, 2.24) is 0 Å². The number of hydrogen-bond donors (Lipinski definition) is 0. The molecular formula is C2H2O3. The first-order valence-corrected chi connectivity index (χ1v) is 1.44. The van der Waals surface area contributed by atoms with Gasteiger partial charge >= 0.3 is 0 Å². The van der Waals surface area contributed by atoms with E-state index in [1.165, 1.54) is 0 Å². The largest absolute Gasteiger partial charge is 0.308 e. The van der Waals surface area contributed by atoms with Crippen LogP contribution in [0, 0.1) is 0 Å². The third-order valence-electron chi connectivity index (χ3n) is 0.659. The molecule has 0 aromatic carbocycles. The summed E-state index contributed by atoms with van der Waals surface area (Å²) in [7, 11) is 0. The number of ether oxygens (including phenoxy) is 1. The summed E-state index contributed by atoms with van der Waals surface area (Å²) >= 11 is 0. The molecule has 0 bridgehead atoms. The standard InChI is InChI=1S/C2H2O3/c3-1-2(3)5-4-1/h1-2H. The van der Waals surface area contributed by atoms with Crippen molar-refractivity contribution < 1.29 is 14.5 Å². The van der Waals surface area contributed by atoms with Crippen molar-refractivity contribution in [3.63, 3.8) is 0 Å². The highest BCUT2D eigenvalue weighted by molar-refractivity contribution is 4.68. The molecule has 0 radical (unpaired) electrons. The van der Waals surface area contributed by atoms with E-state index in [1.54, 1.807) is 0 Å². The highest BCUT2D eigenvalue weighted by atomic mass is 17.4. The maximum Gasteiger partial charge on any atom is 0.248 e. The van der Waals surface area contributed by atoms with Crippen molar-refractivity contribution in [1.29, 1.82) is 0 Å². The SMILES string of the molecule is O1OC2OC12. The Morgan fingerprint density at radius 2 is 1.60 bits per heavy atom. The lowest BCUT2D eigenvalue weighted by Gasteiger charge is -2.00. The Labute approximate surface area is 28.4 Å². The molecule has 0 amide bonds. The zero-order valence-corrected chi connectivity index (χ0v) is 2.38. The van der Waals surface area contributed by atoms with Crippen molar-refractivity contribution in [2.75, 3.05) is 0 Å². The minimum atomic E-state index is 0.00926. The second-order valence-electron chi connectivity index (χ2n) is 1.07. The van der Waals surface area contributed by atoms with E-state index >= 15 is 0 Å². The molecule has 2 unspecified atom stereocenters. The van der Waals surface area contributed by atoms with Gasteiger partial charge in [-0.3, -0.25) is 0 Å². The van der Waals surface area contributed by atoms with Gasteiger partial charge < -0.3 is 4.74 Å². The quantitative estimate of drug-likeness (QED) is 0.290. The number of rotatable bonds is 0. The Hall–Kier alpha value is -0.120. The summed E-state index contributed by atoms with van der Waals surface area (Å²) in [6, 6.07) is 0. The lowest BCUT2D eigenvalue weighted by Crippen LogP contribution is -2.14. The van der Waals surface area contributed by atoms with Gasteiger partial charge in [-0.2, -0.15) is 9.78 Å². The van der Waals surface area contributed by atoms with Crippen LogP contribution in [0.1, 0.15) is 0 Å². The molecule has 0 spiro atoms. The van der Waals surface area contributed by atoms with Crippen molar-refractivity contribution >= 4 is 0 Å². The molecule has 0 aliphatic carbocycles. The van der Waals surface area contributed by atoms with E-state index in [2.05, 4.69) is 14.5 Å². The zero-order valence-electron chi connectivity index (χ0n) is 2.38. The van der Waals surface area contributed by atoms with Gasteiger partial charge in [0.25, 0.3) is 0 Å². The van der Waals surface area contributed by atoms with E-state index in [0.717, 1.165) is 0 Å². The van der Waals surface area contributed by atoms with E-state index in [-0.39, 0.29) is 12.6 Å². The molecule has 2 atom stereocenters. The summed E-state index contributed by atoms with van der Waals surface area (Å²) in [6.45, 7) is 0. The smallest absolute Gasteiger partial charge is 0.248 e. The van der Waals surface area contributed by atoms with Crippen LogP contribution in [-0.2, 0) is 14.5 Å². The average Bonchev–Trinajstić information content (AvgIpc) is 1.74. The molecule has 0 aromatic rings. The van der Waals surface area contributed by atoms with Crippen molar-refractivity contribution in [2.24, 2.45) is 0 Å². The van der Waals surface area contributed by atoms with E-state index in [9.17, 15) is 0 Å². The monoisotopic (exact) mass is 74.0 g/mol. The third-order valence-corrected chi connectivity index (χ3v) is 0.659. The van der Waals surface area contributed by atoms with Gasteiger partial charge in [0, 0.05) is 0 Å². The van der Waals surface area contributed by atoms with Crippen LogP contribution in [0.25, 0.3) is 0 Å². The fourth-order valence-corrected chi connectivity index (χ4v) is 0.278. The van der Waals surface area contributed by atoms with Gasteiger partial charge in [0.05, 0.1) is 0 Å². The minimum absolute atomic E-state index is 0.00926. The van der Waals surface area contributed by atoms with Gasteiger partial charge in [0.15, 0.2) is 0 Å². The first-order valence-electron chi connectivity index (χ1n) is 1.44. The van der Waals surface area contributed by atoms with Gasteiger partial charge in [0.2, 0.25) is 12.6 Å². The molecule has 2 aliphatic rings. The molecule has 0 saturated carbocycles.